The van der Waals surface area contributed by atoms with Gasteiger partial charge in [0.25, 0.3) is 0 Å². The van der Waals surface area contributed by atoms with Crippen molar-refractivity contribution in [2.75, 3.05) is 19.0 Å². The number of thiophene rings is 1. The molecule has 4 nitrogen and oxygen atoms in total. The van der Waals surface area contributed by atoms with E-state index in [4.69, 9.17) is 4.74 Å². The first-order valence-electron chi connectivity index (χ1n) is 8.20. The minimum absolute atomic E-state index is 0.182. The molecule has 0 saturated carbocycles. The molecule has 122 valence electrons. The van der Waals surface area contributed by atoms with Crippen LogP contribution in [0.5, 0.6) is 0 Å². The number of para-hydroxylation sites is 1. The van der Waals surface area contributed by atoms with E-state index in [9.17, 15) is 4.79 Å². The summed E-state index contributed by atoms with van der Waals surface area (Å²) < 4.78 is 5.13. The fraction of sp³-hybridized carbons (Fsp3) is 0.316. The number of ether oxygens (including phenoxy) is 1. The summed E-state index contributed by atoms with van der Waals surface area (Å²) in [6.07, 6.45) is 0.980. The summed E-state index contributed by atoms with van der Waals surface area (Å²) in [6, 6.07) is 8.69. The lowest BCUT2D eigenvalue weighted by molar-refractivity contribution is -0.133. The average molecular weight is 338 g/mol. The van der Waals surface area contributed by atoms with Crippen molar-refractivity contribution in [3.63, 3.8) is 0 Å². The molecular formula is C19H18N2O2S. The van der Waals surface area contributed by atoms with E-state index in [2.05, 4.69) is 41.1 Å². The Bertz CT molecular complexity index is 914. The lowest BCUT2D eigenvalue weighted by Gasteiger charge is -2.37. The molecule has 1 aromatic heterocycles. The van der Waals surface area contributed by atoms with E-state index in [0.717, 1.165) is 24.2 Å². The highest BCUT2D eigenvalue weighted by molar-refractivity contribution is 7.10. The van der Waals surface area contributed by atoms with E-state index in [-0.39, 0.29) is 17.4 Å². The first-order valence-corrected chi connectivity index (χ1v) is 9.08. The van der Waals surface area contributed by atoms with E-state index >= 15 is 0 Å². The number of fused-ring (bicyclic) bond motifs is 3. The maximum absolute atomic E-state index is 12.6. The van der Waals surface area contributed by atoms with Crippen molar-refractivity contribution < 1.29 is 9.53 Å². The Hall–Kier alpha value is -2.27. The summed E-state index contributed by atoms with van der Waals surface area (Å²) in [5.74, 6) is -0.252. The van der Waals surface area contributed by atoms with Crippen LogP contribution in [-0.2, 0) is 14.9 Å². The van der Waals surface area contributed by atoms with Crippen LogP contribution in [-0.4, -0.2) is 19.6 Å². The minimum Gasteiger partial charge on any atom is -0.465 e. The van der Waals surface area contributed by atoms with Gasteiger partial charge in [0.15, 0.2) is 0 Å². The quantitative estimate of drug-likeness (QED) is 0.783. The predicted octanol–water partition coefficient (Wildman–Crippen LogP) is 3.35. The molecule has 0 bridgehead atoms. The van der Waals surface area contributed by atoms with Gasteiger partial charge in [-0.05, 0) is 35.9 Å². The van der Waals surface area contributed by atoms with E-state index in [0.29, 0.717) is 5.57 Å². The van der Waals surface area contributed by atoms with Crippen LogP contribution in [0.1, 0.15) is 34.0 Å². The summed E-state index contributed by atoms with van der Waals surface area (Å²) >= 11 is 1.72. The van der Waals surface area contributed by atoms with Crippen LogP contribution in [0.25, 0.3) is 5.57 Å². The number of carbonyl (C=O) groups is 1. The number of hydrogen-bond donors (Lipinski definition) is 2. The third-order valence-corrected chi connectivity index (χ3v) is 6.65. The third-order valence-electron chi connectivity index (χ3n) is 5.67. The first-order chi connectivity index (χ1) is 11.7. The number of nitrogens with one attached hydrogen (secondary N) is 2. The smallest absolute Gasteiger partial charge is 0.340 e. The Morgan fingerprint density at radius 2 is 2.25 bits per heavy atom. The summed E-state index contributed by atoms with van der Waals surface area (Å²) in [7, 11) is 1.46. The molecule has 2 N–H and O–H groups in total. The molecule has 24 heavy (non-hydrogen) atoms. The van der Waals surface area contributed by atoms with Gasteiger partial charge in [0, 0.05) is 28.4 Å². The molecule has 2 aliphatic heterocycles. The zero-order valence-corrected chi connectivity index (χ0v) is 14.4. The highest BCUT2D eigenvalue weighted by atomic mass is 32.1. The van der Waals surface area contributed by atoms with Crippen LogP contribution >= 0.6 is 11.3 Å². The highest BCUT2D eigenvalue weighted by Crippen LogP contribution is 2.62. The molecule has 5 heteroatoms. The average Bonchev–Trinajstić information content (AvgIpc) is 3.29. The second-order valence-corrected chi connectivity index (χ2v) is 7.61. The lowest BCUT2D eigenvalue weighted by Crippen LogP contribution is -2.37. The van der Waals surface area contributed by atoms with Crippen molar-refractivity contribution in [2.45, 2.75) is 24.8 Å². The SMILES string of the molecule is COC(=O)C1=C2NCC[C@@]23c2cccc(C)c2N[C@H]3c2sccc21. The third kappa shape index (κ3) is 1.47. The molecule has 1 spiro atoms. The van der Waals surface area contributed by atoms with Crippen LogP contribution in [0, 0.1) is 6.92 Å². The van der Waals surface area contributed by atoms with Gasteiger partial charge in [-0.2, -0.15) is 0 Å². The standard InChI is InChI=1S/C19H18N2O2S/c1-10-4-3-5-12-14(10)21-17-15-11(6-9-24-15)13(18(22)23-2)16-19(12,17)7-8-20-16/h3-6,9,17,20-21H,7-8H2,1-2H3/t17-,19+/m0/s1. The van der Waals surface area contributed by atoms with E-state index in [1.165, 1.54) is 28.8 Å². The normalized spacial score (nSPS) is 26.0. The van der Waals surface area contributed by atoms with Gasteiger partial charge in [-0.25, -0.2) is 4.79 Å². The second kappa shape index (κ2) is 4.63. The Kier molecular flexibility index (Phi) is 2.72. The number of rotatable bonds is 1. The summed E-state index contributed by atoms with van der Waals surface area (Å²) in [5.41, 5.74) is 6.32. The maximum atomic E-state index is 12.6. The van der Waals surface area contributed by atoms with Crippen LogP contribution in [0.4, 0.5) is 5.69 Å². The second-order valence-electron chi connectivity index (χ2n) is 6.66. The molecule has 5 rings (SSSR count). The Morgan fingerprint density at radius 3 is 3.08 bits per heavy atom. The molecule has 1 saturated heterocycles. The summed E-state index contributed by atoms with van der Waals surface area (Å²) in [4.78, 5) is 13.8. The molecule has 0 unspecified atom stereocenters. The van der Waals surface area contributed by atoms with Gasteiger partial charge < -0.3 is 15.4 Å². The number of esters is 1. The zero-order chi connectivity index (χ0) is 16.5. The van der Waals surface area contributed by atoms with Crippen molar-refractivity contribution in [1.82, 2.24) is 5.32 Å². The fourth-order valence-electron chi connectivity index (χ4n) is 4.68. The Balaban J connectivity index is 1.88. The van der Waals surface area contributed by atoms with Gasteiger partial charge in [-0.3, -0.25) is 0 Å². The number of carbonyl (C=O) groups excluding carboxylic acids is 1. The van der Waals surface area contributed by atoms with Gasteiger partial charge in [0.05, 0.1) is 24.1 Å². The van der Waals surface area contributed by atoms with Crippen molar-refractivity contribution in [2.24, 2.45) is 0 Å². The molecule has 3 heterocycles. The van der Waals surface area contributed by atoms with Gasteiger partial charge in [-0.1, -0.05) is 18.2 Å². The number of benzene rings is 1. The topological polar surface area (TPSA) is 50.4 Å². The molecule has 3 aliphatic rings. The number of hydrogen-bond acceptors (Lipinski definition) is 5. The lowest BCUT2D eigenvalue weighted by atomic mass is 9.67. The van der Waals surface area contributed by atoms with Crippen molar-refractivity contribution in [3.05, 3.63) is 56.9 Å². The van der Waals surface area contributed by atoms with E-state index in [1.54, 1.807) is 11.3 Å². The van der Waals surface area contributed by atoms with Crippen LogP contribution in [0.2, 0.25) is 0 Å². The summed E-state index contributed by atoms with van der Waals surface area (Å²) in [6.45, 7) is 3.01. The van der Waals surface area contributed by atoms with Gasteiger partial charge in [0.1, 0.15) is 0 Å². The molecule has 1 aliphatic carbocycles. The monoisotopic (exact) mass is 338 g/mol. The zero-order valence-electron chi connectivity index (χ0n) is 13.6. The molecule has 0 radical (unpaired) electrons. The molecule has 1 aromatic carbocycles. The van der Waals surface area contributed by atoms with Crippen molar-refractivity contribution >= 4 is 28.6 Å². The summed E-state index contributed by atoms with van der Waals surface area (Å²) in [5, 5.41) is 9.36. The molecule has 1 fully saturated rings. The van der Waals surface area contributed by atoms with E-state index < -0.39 is 0 Å². The number of anilines is 1. The molecule has 2 atom stereocenters. The Labute approximate surface area is 144 Å². The Morgan fingerprint density at radius 1 is 1.38 bits per heavy atom. The molecular weight excluding hydrogens is 320 g/mol. The fourth-order valence-corrected chi connectivity index (χ4v) is 5.72. The predicted molar refractivity (Wildman–Crippen MR) is 95.1 cm³/mol. The van der Waals surface area contributed by atoms with Crippen molar-refractivity contribution in [1.29, 1.82) is 0 Å². The van der Waals surface area contributed by atoms with Crippen LogP contribution < -0.4 is 10.6 Å². The van der Waals surface area contributed by atoms with Gasteiger partial charge in [-0.15, -0.1) is 11.3 Å². The van der Waals surface area contributed by atoms with Gasteiger partial charge >= 0.3 is 5.97 Å². The van der Waals surface area contributed by atoms with Crippen LogP contribution in [0.15, 0.2) is 35.3 Å². The maximum Gasteiger partial charge on any atom is 0.340 e. The number of aryl methyl sites for hydroxylation is 1. The minimum atomic E-state index is -0.252. The van der Waals surface area contributed by atoms with Crippen molar-refractivity contribution in [3.8, 4) is 0 Å². The van der Waals surface area contributed by atoms with Crippen LogP contribution in [0.3, 0.4) is 0 Å². The molecule has 2 aromatic rings. The highest BCUT2D eigenvalue weighted by Gasteiger charge is 2.58. The number of methoxy groups -OCH3 is 1. The van der Waals surface area contributed by atoms with E-state index in [1.807, 2.05) is 6.07 Å². The largest absolute Gasteiger partial charge is 0.465 e. The molecule has 0 amide bonds. The van der Waals surface area contributed by atoms with Gasteiger partial charge in [0.2, 0.25) is 0 Å². The first kappa shape index (κ1) is 14.1.